The van der Waals surface area contributed by atoms with Crippen molar-refractivity contribution in [3.8, 4) is 11.5 Å². The minimum absolute atomic E-state index is 0.0240. The summed E-state index contributed by atoms with van der Waals surface area (Å²) in [7, 11) is 3.17. The van der Waals surface area contributed by atoms with Crippen LogP contribution >= 0.6 is 0 Å². The van der Waals surface area contributed by atoms with Crippen LogP contribution in [0.4, 0.5) is 0 Å². The fraction of sp³-hybridized carbons (Fsp3) is 0.500. The van der Waals surface area contributed by atoms with Gasteiger partial charge in [0.05, 0.1) is 20.6 Å². The highest BCUT2D eigenvalue weighted by Gasteiger charge is 2.08. The Bertz CT molecular complexity index is 402. The summed E-state index contributed by atoms with van der Waals surface area (Å²) in [5.41, 5.74) is 0.911. The quantitative estimate of drug-likeness (QED) is 0.841. The van der Waals surface area contributed by atoms with Gasteiger partial charge in [-0.1, -0.05) is 19.9 Å². The van der Waals surface area contributed by atoms with Crippen molar-refractivity contribution < 1.29 is 14.3 Å². The highest BCUT2D eigenvalue weighted by molar-refractivity contribution is 5.78. The Balaban J connectivity index is 2.64. The Labute approximate surface area is 108 Å². The molecule has 0 spiro atoms. The van der Waals surface area contributed by atoms with E-state index in [-0.39, 0.29) is 5.91 Å². The highest BCUT2D eigenvalue weighted by atomic mass is 16.5. The zero-order valence-electron chi connectivity index (χ0n) is 11.4. The second kappa shape index (κ2) is 6.89. The molecule has 1 N–H and O–H groups in total. The van der Waals surface area contributed by atoms with Gasteiger partial charge in [0.15, 0.2) is 11.5 Å². The van der Waals surface area contributed by atoms with Crippen LogP contribution in [0.5, 0.6) is 11.5 Å². The molecule has 18 heavy (non-hydrogen) atoms. The minimum Gasteiger partial charge on any atom is -0.493 e. The predicted octanol–water partition coefficient (Wildman–Crippen LogP) is 2.02. The van der Waals surface area contributed by atoms with Crippen molar-refractivity contribution in [2.24, 2.45) is 5.92 Å². The van der Waals surface area contributed by atoms with Gasteiger partial charge in [-0.2, -0.15) is 0 Å². The number of methoxy groups -OCH3 is 2. The lowest BCUT2D eigenvalue weighted by Crippen LogP contribution is -2.28. The molecule has 0 fully saturated rings. The zero-order chi connectivity index (χ0) is 13.5. The largest absolute Gasteiger partial charge is 0.493 e. The minimum atomic E-state index is 0.0240. The summed E-state index contributed by atoms with van der Waals surface area (Å²) in [4.78, 5) is 11.7. The fourth-order valence-electron chi connectivity index (χ4n) is 1.56. The molecule has 0 aromatic heterocycles. The smallest absolute Gasteiger partial charge is 0.224 e. The third kappa shape index (κ3) is 4.28. The van der Waals surface area contributed by atoms with Crippen LogP contribution in [-0.4, -0.2) is 26.7 Å². The van der Waals surface area contributed by atoms with Gasteiger partial charge in [0.2, 0.25) is 5.91 Å². The van der Waals surface area contributed by atoms with Gasteiger partial charge in [-0.3, -0.25) is 4.79 Å². The number of rotatable bonds is 6. The molecule has 0 aliphatic heterocycles. The summed E-state index contributed by atoms with van der Waals surface area (Å²) < 4.78 is 10.3. The van der Waals surface area contributed by atoms with E-state index in [2.05, 4.69) is 19.2 Å². The SMILES string of the molecule is COc1ccc(CC(=O)NCC(C)C)cc1OC. The summed E-state index contributed by atoms with van der Waals surface area (Å²) in [6, 6.07) is 5.51. The van der Waals surface area contributed by atoms with Crippen molar-refractivity contribution in [2.75, 3.05) is 20.8 Å². The molecule has 0 unspecified atom stereocenters. The molecule has 0 bridgehead atoms. The van der Waals surface area contributed by atoms with Gasteiger partial charge in [-0.25, -0.2) is 0 Å². The Kier molecular flexibility index (Phi) is 5.49. The Morgan fingerprint density at radius 1 is 1.22 bits per heavy atom. The monoisotopic (exact) mass is 251 g/mol. The average molecular weight is 251 g/mol. The maximum absolute atomic E-state index is 11.7. The predicted molar refractivity (Wildman–Crippen MR) is 71.1 cm³/mol. The molecule has 1 amide bonds. The number of amides is 1. The zero-order valence-corrected chi connectivity index (χ0v) is 11.4. The van der Waals surface area contributed by atoms with Crippen LogP contribution in [0.2, 0.25) is 0 Å². The van der Waals surface area contributed by atoms with Crippen molar-refractivity contribution in [3.63, 3.8) is 0 Å². The highest BCUT2D eigenvalue weighted by Crippen LogP contribution is 2.27. The van der Waals surface area contributed by atoms with Crippen LogP contribution in [0.3, 0.4) is 0 Å². The first-order valence-electron chi connectivity index (χ1n) is 6.04. The van der Waals surface area contributed by atoms with Gasteiger partial charge >= 0.3 is 0 Å². The molecule has 0 heterocycles. The normalized spacial score (nSPS) is 10.3. The summed E-state index contributed by atoms with van der Waals surface area (Å²) >= 11 is 0. The first kappa shape index (κ1) is 14.4. The Morgan fingerprint density at radius 3 is 2.44 bits per heavy atom. The maximum Gasteiger partial charge on any atom is 0.224 e. The first-order valence-corrected chi connectivity index (χ1v) is 6.04. The lowest BCUT2D eigenvalue weighted by Gasteiger charge is -2.10. The molecular weight excluding hydrogens is 230 g/mol. The molecule has 0 radical (unpaired) electrons. The Hall–Kier alpha value is -1.71. The van der Waals surface area contributed by atoms with E-state index in [1.54, 1.807) is 14.2 Å². The van der Waals surface area contributed by atoms with Gasteiger partial charge in [0.25, 0.3) is 0 Å². The number of hydrogen-bond acceptors (Lipinski definition) is 3. The molecular formula is C14H21NO3. The second-order valence-corrected chi connectivity index (χ2v) is 4.56. The summed E-state index contributed by atoms with van der Waals surface area (Å²) in [5, 5.41) is 2.89. The van der Waals surface area contributed by atoms with Crippen molar-refractivity contribution in [3.05, 3.63) is 23.8 Å². The van der Waals surface area contributed by atoms with Gasteiger partial charge < -0.3 is 14.8 Å². The van der Waals surface area contributed by atoms with E-state index in [0.29, 0.717) is 30.4 Å². The van der Waals surface area contributed by atoms with E-state index in [1.165, 1.54) is 0 Å². The summed E-state index contributed by atoms with van der Waals surface area (Å²) in [5.74, 6) is 1.80. The Morgan fingerprint density at radius 2 is 1.89 bits per heavy atom. The van der Waals surface area contributed by atoms with Gasteiger partial charge in [0.1, 0.15) is 0 Å². The molecule has 0 saturated heterocycles. The van der Waals surface area contributed by atoms with Gasteiger partial charge in [-0.15, -0.1) is 0 Å². The van der Waals surface area contributed by atoms with Crippen LogP contribution in [-0.2, 0) is 11.2 Å². The molecule has 4 nitrogen and oxygen atoms in total. The van der Waals surface area contributed by atoms with Crippen molar-refractivity contribution >= 4 is 5.91 Å². The summed E-state index contributed by atoms with van der Waals surface area (Å²) in [6.07, 6.45) is 0.354. The lowest BCUT2D eigenvalue weighted by molar-refractivity contribution is -0.120. The van der Waals surface area contributed by atoms with Crippen molar-refractivity contribution in [1.29, 1.82) is 0 Å². The number of hydrogen-bond donors (Lipinski definition) is 1. The van der Waals surface area contributed by atoms with E-state index in [0.717, 1.165) is 5.56 Å². The van der Waals surface area contributed by atoms with E-state index >= 15 is 0 Å². The van der Waals surface area contributed by atoms with Crippen LogP contribution < -0.4 is 14.8 Å². The third-order valence-corrected chi connectivity index (χ3v) is 2.52. The van der Waals surface area contributed by atoms with Crippen LogP contribution in [0.1, 0.15) is 19.4 Å². The topological polar surface area (TPSA) is 47.6 Å². The second-order valence-electron chi connectivity index (χ2n) is 4.56. The van der Waals surface area contributed by atoms with E-state index in [1.807, 2.05) is 18.2 Å². The maximum atomic E-state index is 11.7. The standard InChI is InChI=1S/C14H21NO3/c1-10(2)9-15-14(16)8-11-5-6-12(17-3)13(7-11)18-4/h5-7,10H,8-9H2,1-4H3,(H,15,16). The lowest BCUT2D eigenvalue weighted by atomic mass is 10.1. The van der Waals surface area contributed by atoms with Crippen LogP contribution in [0.25, 0.3) is 0 Å². The molecule has 100 valence electrons. The molecule has 0 saturated carbocycles. The fourth-order valence-corrected chi connectivity index (χ4v) is 1.56. The first-order chi connectivity index (χ1) is 8.56. The molecule has 0 aliphatic rings. The van der Waals surface area contributed by atoms with E-state index in [4.69, 9.17) is 9.47 Å². The van der Waals surface area contributed by atoms with Crippen molar-refractivity contribution in [1.82, 2.24) is 5.32 Å². The molecule has 0 atom stereocenters. The van der Waals surface area contributed by atoms with Crippen LogP contribution in [0.15, 0.2) is 18.2 Å². The van der Waals surface area contributed by atoms with E-state index in [9.17, 15) is 4.79 Å². The average Bonchev–Trinajstić information content (AvgIpc) is 2.36. The van der Waals surface area contributed by atoms with Gasteiger partial charge in [0, 0.05) is 6.54 Å². The molecule has 1 rings (SSSR count). The third-order valence-electron chi connectivity index (χ3n) is 2.52. The number of carbonyl (C=O) groups is 1. The van der Waals surface area contributed by atoms with Gasteiger partial charge in [-0.05, 0) is 23.6 Å². The molecule has 1 aromatic carbocycles. The van der Waals surface area contributed by atoms with Crippen molar-refractivity contribution in [2.45, 2.75) is 20.3 Å². The molecule has 0 aliphatic carbocycles. The van der Waals surface area contributed by atoms with Crippen LogP contribution in [0, 0.1) is 5.92 Å². The number of carbonyl (C=O) groups excluding carboxylic acids is 1. The molecule has 1 aromatic rings. The summed E-state index contributed by atoms with van der Waals surface area (Å²) in [6.45, 7) is 4.83. The number of benzene rings is 1. The molecule has 4 heteroatoms. The van der Waals surface area contributed by atoms with E-state index < -0.39 is 0 Å². The number of ether oxygens (including phenoxy) is 2. The number of nitrogens with one attached hydrogen (secondary N) is 1.